The van der Waals surface area contributed by atoms with E-state index in [2.05, 4.69) is 31.9 Å². The molecule has 0 aliphatic heterocycles. The van der Waals surface area contributed by atoms with E-state index in [0.29, 0.717) is 16.1 Å². The molecule has 5 aromatic rings. The summed E-state index contributed by atoms with van der Waals surface area (Å²) in [6.45, 7) is 4.16. The standard InChI is InChI=1S/C25H22N6O3S2/c1-15-9-10-18(16(2)12-15)31-21(13-26-23(33)19-7-5-11-34-19)29-30-25(31)35-14-22(32)28-24-27-17-6-3-4-8-20(17)36-24/h3-12H,13-14H2,1-2H3,(H,26,33)(H,27,28,32). The van der Waals surface area contributed by atoms with Crippen LogP contribution in [0.4, 0.5) is 5.13 Å². The number of carbonyl (C=O) groups is 2. The van der Waals surface area contributed by atoms with E-state index in [9.17, 15) is 9.59 Å². The van der Waals surface area contributed by atoms with E-state index in [-0.39, 0.29) is 29.9 Å². The number of furan rings is 1. The average molecular weight is 519 g/mol. The molecule has 36 heavy (non-hydrogen) atoms. The lowest BCUT2D eigenvalue weighted by Crippen LogP contribution is -2.24. The van der Waals surface area contributed by atoms with Gasteiger partial charge < -0.3 is 15.1 Å². The number of anilines is 1. The number of aromatic nitrogens is 4. The molecule has 0 aliphatic rings. The van der Waals surface area contributed by atoms with E-state index in [1.54, 1.807) is 12.1 Å². The zero-order valence-electron chi connectivity index (χ0n) is 19.5. The van der Waals surface area contributed by atoms with Crippen molar-refractivity contribution < 1.29 is 14.0 Å². The van der Waals surface area contributed by atoms with Crippen LogP contribution in [-0.4, -0.2) is 37.3 Å². The van der Waals surface area contributed by atoms with E-state index in [0.717, 1.165) is 27.0 Å². The Bertz CT molecular complexity index is 1510. The highest BCUT2D eigenvalue weighted by Gasteiger charge is 2.19. The zero-order valence-corrected chi connectivity index (χ0v) is 21.2. The molecule has 0 unspecified atom stereocenters. The summed E-state index contributed by atoms with van der Waals surface area (Å²) in [5.74, 6) is 0.337. The molecule has 2 aromatic carbocycles. The average Bonchev–Trinajstić information content (AvgIpc) is 3.61. The van der Waals surface area contributed by atoms with E-state index >= 15 is 0 Å². The van der Waals surface area contributed by atoms with Gasteiger partial charge in [-0.3, -0.25) is 14.2 Å². The molecule has 182 valence electrons. The first kappa shape index (κ1) is 23.8. The molecule has 5 rings (SSSR count). The second-order valence-corrected chi connectivity index (χ2v) is 9.98. The number of carbonyl (C=O) groups excluding carboxylic acids is 2. The van der Waals surface area contributed by atoms with Crippen LogP contribution in [0.2, 0.25) is 0 Å². The summed E-state index contributed by atoms with van der Waals surface area (Å²) < 4.78 is 8.04. The fourth-order valence-electron chi connectivity index (χ4n) is 3.67. The van der Waals surface area contributed by atoms with Crippen LogP contribution in [0.15, 0.2) is 70.4 Å². The summed E-state index contributed by atoms with van der Waals surface area (Å²) in [6, 6.07) is 17.0. The van der Waals surface area contributed by atoms with Crippen molar-refractivity contribution in [1.29, 1.82) is 0 Å². The number of amides is 2. The number of rotatable bonds is 8. The third-order valence-corrected chi connectivity index (χ3v) is 7.20. The quantitative estimate of drug-likeness (QED) is 0.285. The van der Waals surface area contributed by atoms with Crippen molar-refractivity contribution in [2.75, 3.05) is 11.1 Å². The maximum absolute atomic E-state index is 12.7. The molecule has 0 aliphatic carbocycles. The summed E-state index contributed by atoms with van der Waals surface area (Å²) in [4.78, 5) is 29.5. The number of para-hydroxylation sites is 1. The molecule has 0 saturated heterocycles. The van der Waals surface area contributed by atoms with Crippen molar-refractivity contribution in [3.05, 3.63) is 83.6 Å². The number of hydrogen-bond acceptors (Lipinski definition) is 8. The van der Waals surface area contributed by atoms with Gasteiger partial charge in [0.05, 0.1) is 34.5 Å². The summed E-state index contributed by atoms with van der Waals surface area (Å²) in [5.41, 5.74) is 3.87. The number of nitrogens with zero attached hydrogens (tertiary/aromatic N) is 4. The van der Waals surface area contributed by atoms with Gasteiger partial charge in [-0.15, -0.1) is 10.2 Å². The maximum atomic E-state index is 12.7. The largest absolute Gasteiger partial charge is 0.459 e. The predicted molar refractivity (Wildman–Crippen MR) is 140 cm³/mol. The smallest absolute Gasteiger partial charge is 0.287 e. The van der Waals surface area contributed by atoms with Gasteiger partial charge in [-0.1, -0.05) is 52.9 Å². The first-order valence-corrected chi connectivity index (χ1v) is 12.9. The molecule has 11 heteroatoms. The fourth-order valence-corrected chi connectivity index (χ4v) is 5.32. The van der Waals surface area contributed by atoms with E-state index in [1.807, 2.05) is 54.8 Å². The van der Waals surface area contributed by atoms with Crippen molar-refractivity contribution in [1.82, 2.24) is 25.1 Å². The Morgan fingerprint density at radius 3 is 2.72 bits per heavy atom. The third-order valence-electron chi connectivity index (χ3n) is 5.32. The van der Waals surface area contributed by atoms with Gasteiger partial charge in [-0.05, 0) is 49.7 Å². The van der Waals surface area contributed by atoms with Gasteiger partial charge in [-0.2, -0.15) is 0 Å². The normalized spacial score (nSPS) is 11.1. The Morgan fingerprint density at radius 1 is 1.08 bits per heavy atom. The highest BCUT2D eigenvalue weighted by molar-refractivity contribution is 7.99. The minimum absolute atomic E-state index is 0.123. The van der Waals surface area contributed by atoms with Crippen LogP contribution in [-0.2, 0) is 11.3 Å². The highest BCUT2D eigenvalue weighted by Crippen LogP contribution is 2.27. The molecule has 3 heterocycles. The van der Waals surface area contributed by atoms with Crippen LogP contribution in [0.3, 0.4) is 0 Å². The maximum Gasteiger partial charge on any atom is 0.287 e. The first-order valence-electron chi connectivity index (χ1n) is 11.1. The van der Waals surface area contributed by atoms with Crippen LogP contribution < -0.4 is 10.6 Å². The van der Waals surface area contributed by atoms with Gasteiger partial charge in [0.25, 0.3) is 5.91 Å². The lowest BCUT2D eigenvalue weighted by molar-refractivity contribution is -0.113. The van der Waals surface area contributed by atoms with Crippen molar-refractivity contribution in [3.8, 4) is 5.69 Å². The highest BCUT2D eigenvalue weighted by atomic mass is 32.2. The monoisotopic (exact) mass is 518 g/mol. The van der Waals surface area contributed by atoms with Gasteiger partial charge in [0.15, 0.2) is 21.9 Å². The number of hydrogen-bond donors (Lipinski definition) is 2. The first-order chi connectivity index (χ1) is 17.5. The van der Waals surface area contributed by atoms with Crippen LogP contribution in [0.5, 0.6) is 0 Å². The van der Waals surface area contributed by atoms with Crippen LogP contribution >= 0.6 is 23.1 Å². The number of thiazole rings is 1. The van der Waals surface area contributed by atoms with Crippen molar-refractivity contribution in [2.24, 2.45) is 0 Å². The van der Waals surface area contributed by atoms with E-state index in [1.165, 1.54) is 29.4 Å². The van der Waals surface area contributed by atoms with Crippen LogP contribution in [0, 0.1) is 13.8 Å². The predicted octanol–water partition coefficient (Wildman–Crippen LogP) is 4.75. The second kappa shape index (κ2) is 10.3. The Hall–Kier alpha value is -3.96. The zero-order chi connectivity index (χ0) is 25.1. The van der Waals surface area contributed by atoms with Gasteiger partial charge in [0.1, 0.15) is 0 Å². The summed E-state index contributed by atoms with van der Waals surface area (Å²) in [5, 5.41) is 15.4. The molecule has 0 atom stereocenters. The number of fused-ring (bicyclic) bond motifs is 1. The molecule has 0 bridgehead atoms. The number of benzene rings is 2. The van der Waals surface area contributed by atoms with Gasteiger partial charge >= 0.3 is 0 Å². The van der Waals surface area contributed by atoms with Crippen LogP contribution in [0.1, 0.15) is 27.5 Å². The molecule has 9 nitrogen and oxygen atoms in total. The van der Waals surface area contributed by atoms with E-state index in [4.69, 9.17) is 4.42 Å². The number of aryl methyl sites for hydroxylation is 2. The minimum Gasteiger partial charge on any atom is -0.459 e. The SMILES string of the molecule is Cc1ccc(-n2c(CNC(=O)c3ccco3)nnc2SCC(=O)Nc2nc3ccccc3s2)c(C)c1. The second-order valence-electron chi connectivity index (χ2n) is 8.01. The van der Waals surface area contributed by atoms with Gasteiger partial charge in [-0.25, -0.2) is 4.98 Å². The molecule has 0 fully saturated rings. The molecule has 3 aromatic heterocycles. The molecular weight excluding hydrogens is 496 g/mol. The van der Waals surface area contributed by atoms with Crippen molar-refractivity contribution in [2.45, 2.75) is 25.5 Å². The molecule has 0 spiro atoms. The molecular formula is C25H22N6O3S2. The summed E-state index contributed by atoms with van der Waals surface area (Å²) >= 11 is 2.69. The third kappa shape index (κ3) is 5.16. The Labute approximate surface area is 215 Å². The summed E-state index contributed by atoms with van der Waals surface area (Å²) in [7, 11) is 0. The summed E-state index contributed by atoms with van der Waals surface area (Å²) in [6.07, 6.45) is 1.45. The molecule has 2 amide bonds. The molecule has 0 saturated carbocycles. The molecule has 0 radical (unpaired) electrons. The molecule has 2 N–H and O–H groups in total. The number of nitrogens with one attached hydrogen (secondary N) is 2. The van der Waals surface area contributed by atoms with Gasteiger partial charge in [0, 0.05) is 0 Å². The number of thioether (sulfide) groups is 1. The van der Waals surface area contributed by atoms with E-state index < -0.39 is 0 Å². The van der Waals surface area contributed by atoms with Crippen molar-refractivity contribution in [3.63, 3.8) is 0 Å². The Morgan fingerprint density at radius 2 is 1.94 bits per heavy atom. The van der Waals surface area contributed by atoms with Crippen LogP contribution in [0.25, 0.3) is 15.9 Å². The fraction of sp³-hybridized carbons (Fsp3) is 0.160. The van der Waals surface area contributed by atoms with Gasteiger partial charge in [0.2, 0.25) is 5.91 Å². The lowest BCUT2D eigenvalue weighted by atomic mass is 10.1. The minimum atomic E-state index is -0.348. The Kier molecular flexibility index (Phi) is 6.83. The topological polar surface area (TPSA) is 115 Å². The van der Waals surface area contributed by atoms with Crippen molar-refractivity contribution >= 4 is 50.3 Å². The lowest BCUT2D eigenvalue weighted by Gasteiger charge is -2.13. The Balaban J connectivity index is 1.34.